The molecule has 0 spiro atoms. The Morgan fingerprint density at radius 1 is 1.13 bits per heavy atom. The Labute approximate surface area is 93.0 Å². The van der Waals surface area contributed by atoms with Crippen LogP contribution >= 0.6 is 0 Å². The Balaban J connectivity index is 1.26. The summed E-state index contributed by atoms with van der Waals surface area (Å²) in [6.45, 7) is 6.69. The van der Waals surface area contributed by atoms with Gasteiger partial charge in [-0.2, -0.15) is 0 Å². The minimum Gasteiger partial charge on any atom is -0.381 e. The average molecular weight is 212 g/mol. The van der Waals surface area contributed by atoms with Crippen LogP contribution < -0.4 is 10.6 Å². The summed E-state index contributed by atoms with van der Waals surface area (Å²) in [6.07, 6.45) is 5.28. The van der Waals surface area contributed by atoms with Gasteiger partial charge in [0.2, 0.25) is 0 Å². The smallest absolute Gasteiger partial charge is 0.0494 e. The van der Waals surface area contributed by atoms with Gasteiger partial charge < -0.3 is 15.4 Å². The van der Waals surface area contributed by atoms with E-state index in [4.69, 9.17) is 4.74 Å². The van der Waals surface area contributed by atoms with Gasteiger partial charge in [-0.15, -0.1) is 0 Å². The van der Waals surface area contributed by atoms with Gasteiger partial charge in [-0.05, 0) is 63.7 Å². The SMILES string of the molecule is C(CNCCC1CNC1)COCC1CC1. The van der Waals surface area contributed by atoms with Crippen LogP contribution in [0.5, 0.6) is 0 Å². The lowest BCUT2D eigenvalue weighted by molar-refractivity contribution is 0.122. The Morgan fingerprint density at radius 2 is 2.00 bits per heavy atom. The molecule has 88 valence electrons. The number of hydrogen-bond acceptors (Lipinski definition) is 3. The molecule has 0 aromatic heterocycles. The van der Waals surface area contributed by atoms with Crippen LogP contribution in [0.25, 0.3) is 0 Å². The van der Waals surface area contributed by atoms with Crippen LogP contribution in [0.3, 0.4) is 0 Å². The molecule has 15 heavy (non-hydrogen) atoms. The van der Waals surface area contributed by atoms with Crippen molar-refractivity contribution >= 4 is 0 Å². The van der Waals surface area contributed by atoms with Gasteiger partial charge in [0, 0.05) is 13.2 Å². The molecule has 2 fully saturated rings. The Hall–Kier alpha value is -0.120. The van der Waals surface area contributed by atoms with E-state index in [1.165, 1.54) is 38.9 Å². The molecule has 1 heterocycles. The minimum atomic E-state index is 0.907. The third-order valence-corrected chi connectivity index (χ3v) is 3.29. The number of hydrogen-bond donors (Lipinski definition) is 2. The van der Waals surface area contributed by atoms with E-state index in [0.29, 0.717) is 0 Å². The van der Waals surface area contributed by atoms with Crippen LogP contribution in [-0.2, 0) is 4.74 Å². The molecule has 0 atom stereocenters. The lowest BCUT2D eigenvalue weighted by Gasteiger charge is -2.26. The summed E-state index contributed by atoms with van der Waals surface area (Å²) >= 11 is 0. The number of nitrogens with one attached hydrogen (secondary N) is 2. The van der Waals surface area contributed by atoms with Crippen molar-refractivity contribution in [2.45, 2.75) is 25.7 Å². The Kier molecular flexibility index (Phi) is 4.90. The Bertz CT molecular complexity index is 167. The van der Waals surface area contributed by atoms with Crippen LogP contribution in [-0.4, -0.2) is 39.4 Å². The molecule has 2 aliphatic rings. The molecule has 0 bridgehead atoms. The van der Waals surface area contributed by atoms with Crippen molar-refractivity contribution in [3.05, 3.63) is 0 Å². The first-order valence-corrected chi connectivity index (χ1v) is 6.44. The molecule has 0 amide bonds. The van der Waals surface area contributed by atoms with Crippen LogP contribution in [0.4, 0.5) is 0 Å². The largest absolute Gasteiger partial charge is 0.381 e. The summed E-state index contributed by atoms with van der Waals surface area (Å²) < 4.78 is 5.57. The molecule has 1 aliphatic carbocycles. The van der Waals surface area contributed by atoms with Gasteiger partial charge in [-0.25, -0.2) is 0 Å². The highest BCUT2D eigenvalue weighted by molar-refractivity contribution is 4.75. The van der Waals surface area contributed by atoms with Crippen molar-refractivity contribution in [3.8, 4) is 0 Å². The molecule has 1 aliphatic heterocycles. The zero-order valence-corrected chi connectivity index (χ0v) is 9.63. The van der Waals surface area contributed by atoms with Crippen molar-refractivity contribution in [3.63, 3.8) is 0 Å². The van der Waals surface area contributed by atoms with E-state index in [1.54, 1.807) is 0 Å². The monoisotopic (exact) mass is 212 g/mol. The van der Waals surface area contributed by atoms with Gasteiger partial charge in [0.25, 0.3) is 0 Å². The average Bonchev–Trinajstić information content (AvgIpc) is 2.96. The maximum absolute atomic E-state index is 5.57. The predicted octanol–water partition coefficient (Wildman–Crippen LogP) is 1.00. The number of rotatable bonds is 9. The van der Waals surface area contributed by atoms with Crippen LogP contribution in [0, 0.1) is 11.8 Å². The molecule has 2 rings (SSSR count). The van der Waals surface area contributed by atoms with Crippen molar-refractivity contribution in [1.82, 2.24) is 10.6 Å². The molecule has 1 saturated heterocycles. The van der Waals surface area contributed by atoms with E-state index in [9.17, 15) is 0 Å². The molecular formula is C12H24N2O. The lowest BCUT2D eigenvalue weighted by Crippen LogP contribution is -2.43. The normalized spacial score (nSPS) is 21.6. The molecule has 0 radical (unpaired) electrons. The second kappa shape index (κ2) is 6.46. The lowest BCUT2D eigenvalue weighted by atomic mass is 10.00. The molecule has 3 nitrogen and oxygen atoms in total. The Morgan fingerprint density at radius 3 is 2.67 bits per heavy atom. The summed E-state index contributed by atoms with van der Waals surface area (Å²) in [7, 11) is 0. The predicted molar refractivity (Wildman–Crippen MR) is 62.0 cm³/mol. The van der Waals surface area contributed by atoms with Crippen LogP contribution in [0.15, 0.2) is 0 Å². The van der Waals surface area contributed by atoms with E-state index in [1.807, 2.05) is 0 Å². The summed E-state index contributed by atoms with van der Waals surface area (Å²) in [5.41, 5.74) is 0. The summed E-state index contributed by atoms with van der Waals surface area (Å²) in [4.78, 5) is 0. The second-order valence-corrected chi connectivity index (χ2v) is 4.93. The van der Waals surface area contributed by atoms with Gasteiger partial charge in [-0.1, -0.05) is 0 Å². The van der Waals surface area contributed by atoms with Gasteiger partial charge in [0.1, 0.15) is 0 Å². The van der Waals surface area contributed by atoms with Gasteiger partial charge in [-0.3, -0.25) is 0 Å². The quantitative estimate of drug-likeness (QED) is 0.560. The molecule has 3 heteroatoms. The zero-order valence-electron chi connectivity index (χ0n) is 9.63. The fraction of sp³-hybridized carbons (Fsp3) is 1.00. The highest BCUT2D eigenvalue weighted by Crippen LogP contribution is 2.28. The first-order valence-electron chi connectivity index (χ1n) is 6.44. The molecule has 2 N–H and O–H groups in total. The maximum Gasteiger partial charge on any atom is 0.0494 e. The van der Waals surface area contributed by atoms with Gasteiger partial charge in [0.05, 0.1) is 0 Å². The standard InChI is InChI=1S/C12H24N2O/c1(7-15-10-11-2-3-11)5-13-6-4-12-8-14-9-12/h11-14H,1-10H2. The van der Waals surface area contributed by atoms with E-state index in [0.717, 1.165) is 38.0 Å². The van der Waals surface area contributed by atoms with Gasteiger partial charge in [0.15, 0.2) is 0 Å². The first kappa shape index (κ1) is 11.4. The van der Waals surface area contributed by atoms with Crippen molar-refractivity contribution in [2.75, 3.05) is 39.4 Å². The van der Waals surface area contributed by atoms with Crippen molar-refractivity contribution in [2.24, 2.45) is 11.8 Å². The minimum absolute atomic E-state index is 0.907. The fourth-order valence-electron chi connectivity index (χ4n) is 1.82. The highest BCUT2D eigenvalue weighted by Gasteiger charge is 2.20. The zero-order chi connectivity index (χ0) is 10.3. The van der Waals surface area contributed by atoms with E-state index >= 15 is 0 Å². The maximum atomic E-state index is 5.57. The third kappa shape index (κ3) is 4.96. The first-order chi connectivity index (χ1) is 7.45. The van der Waals surface area contributed by atoms with Crippen LogP contribution in [0.2, 0.25) is 0 Å². The molecule has 1 saturated carbocycles. The van der Waals surface area contributed by atoms with Crippen molar-refractivity contribution in [1.29, 1.82) is 0 Å². The molecular weight excluding hydrogens is 188 g/mol. The summed E-state index contributed by atoms with van der Waals surface area (Å²) in [6, 6.07) is 0. The van der Waals surface area contributed by atoms with Crippen molar-refractivity contribution < 1.29 is 4.74 Å². The van der Waals surface area contributed by atoms with E-state index < -0.39 is 0 Å². The van der Waals surface area contributed by atoms with Crippen LogP contribution in [0.1, 0.15) is 25.7 Å². The van der Waals surface area contributed by atoms with E-state index in [-0.39, 0.29) is 0 Å². The molecule has 0 aromatic carbocycles. The van der Waals surface area contributed by atoms with Gasteiger partial charge >= 0.3 is 0 Å². The molecule has 0 unspecified atom stereocenters. The topological polar surface area (TPSA) is 33.3 Å². The van der Waals surface area contributed by atoms with E-state index in [2.05, 4.69) is 10.6 Å². The summed E-state index contributed by atoms with van der Waals surface area (Å²) in [5.74, 6) is 1.84. The second-order valence-electron chi connectivity index (χ2n) is 4.93. The summed E-state index contributed by atoms with van der Waals surface area (Å²) in [5, 5.41) is 6.78. The molecule has 0 aromatic rings. The number of ether oxygens (including phenoxy) is 1. The highest BCUT2D eigenvalue weighted by atomic mass is 16.5. The fourth-order valence-corrected chi connectivity index (χ4v) is 1.82. The third-order valence-electron chi connectivity index (χ3n) is 3.29.